The number of thiazole rings is 1. The van der Waals surface area contributed by atoms with Crippen LogP contribution in [0.1, 0.15) is 23.2 Å². The van der Waals surface area contributed by atoms with Crippen molar-refractivity contribution >= 4 is 32.6 Å². The standard InChI is InChI=1S/C20H19FN2O3S/c1-25-16-5-2-6-17-18(16)22-20(27-17)23(12-15-4-3-11-26-15)19(24)13-7-9-14(21)10-8-13/h2,5-10,15H,3-4,11-12H2,1H3. The zero-order valence-electron chi connectivity index (χ0n) is 14.9. The van der Waals surface area contributed by atoms with Gasteiger partial charge in [0, 0.05) is 12.2 Å². The molecule has 0 saturated carbocycles. The summed E-state index contributed by atoms with van der Waals surface area (Å²) in [5.74, 6) is 0.0757. The third-order valence-corrected chi connectivity index (χ3v) is 5.61. The molecule has 1 saturated heterocycles. The molecule has 1 fully saturated rings. The molecule has 2 heterocycles. The summed E-state index contributed by atoms with van der Waals surface area (Å²) in [6.07, 6.45) is 1.86. The molecule has 5 nitrogen and oxygen atoms in total. The average molecular weight is 386 g/mol. The first-order valence-corrected chi connectivity index (χ1v) is 9.60. The molecule has 1 amide bonds. The van der Waals surface area contributed by atoms with Crippen LogP contribution in [0.5, 0.6) is 5.75 Å². The molecule has 4 rings (SSSR count). The van der Waals surface area contributed by atoms with Gasteiger partial charge in [-0.15, -0.1) is 0 Å². The number of ether oxygens (including phenoxy) is 2. The lowest BCUT2D eigenvalue weighted by Crippen LogP contribution is -2.37. The fraction of sp³-hybridized carbons (Fsp3) is 0.300. The fourth-order valence-electron chi connectivity index (χ4n) is 3.18. The van der Waals surface area contributed by atoms with Crippen LogP contribution in [0.4, 0.5) is 9.52 Å². The van der Waals surface area contributed by atoms with E-state index >= 15 is 0 Å². The molecule has 2 aromatic carbocycles. The molecule has 1 aliphatic heterocycles. The summed E-state index contributed by atoms with van der Waals surface area (Å²) in [5, 5.41) is 0.583. The molecule has 0 aliphatic carbocycles. The molecule has 1 atom stereocenters. The van der Waals surface area contributed by atoms with Gasteiger partial charge in [-0.3, -0.25) is 9.69 Å². The first-order valence-electron chi connectivity index (χ1n) is 8.78. The summed E-state index contributed by atoms with van der Waals surface area (Å²) >= 11 is 1.43. The summed E-state index contributed by atoms with van der Waals surface area (Å²) in [6.45, 7) is 1.12. The summed E-state index contributed by atoms with van der Waals surface area (Å²) in [5.41, 5.74) is 1.14. The number of anilines is 1. The highest BCUT2D eigenvalue weighted by molar-refractivity contribution is 7.22. The third kappa shape index (κ3) is 3.65. The van der Waals surface area contributed by atoms with Crippen LogP contribution in [0, 0.1) is 5.82 Å². The molecular weight excluding hydrogens is 367 g/mol. The van der Waals surface area contributed by atoms with E-state index in [1.807, 2.05) is 18.2 Å². The third-order valence-electron chi connectivity index (χ3n) is 4.57. The Morgan fingerprint density at radius 1 is 1.33 bits per heavy atom. The van der Waals surface area contributed by atoms with Crippen molar-refractivity contribution in [2.24, 2.45) is 0 Å². The maximum atomic E-state index is 13.3. The first-order chi connectivity index (χ1) is 13.2. The minimum Gasteiger partial charge on any atom is -0.494 e. The van der Waals surface area contributed by atoms with E-state index in [4.69, 9.17) is 9.47 Å². The Balaban J connectivity index is 1.73. The van der Waals surface area contributed by atoms with Crippen LogP contribution in [0.15, 0.2) is 42.5 Å². The minimum atomic E-state index is -0.373. The summed E-state index contributed by atoms with van der Waals surface area (Å²) in [7, 11) is 1.60. The van der Waals surface area contributed by atoms with Gasteiger partial charge < -0.3 is 9.47 Å². The molecule has 7 heteroatoms. The number of methoxy groups -OCH3 is 1. The van der Waals surface area contributed by atoms with Crippen molar-refractivity contribution in [3.05, 3.63) is 53.8 Å². The second-order valence-corrected chi connectivity index (χ2v) is 7.37. The van der Waals surface area contributed by atoms with Crippen molar-refractivity contribution in [1.29, 1.82) is 0 Å². The van der Waals surface area contributed by atoms with Gasteiger partial charge in [0.25, 0.3) is 5.91 Å². The fourth-order valence-corrected chi connectivity index (χ4v) is 4.17. The Bertz CT molecular complexity index is 952. The molecule has 1 unspecified atom stereocenters. The largest absolute Gasteiger partial charge is 0.494 e. The highest BCUT2D eigenvalue weighted by Gasteiger charge is 2.27. The lowest BCUT2D eigenvalue weighted by Gasteiger charge is -2.23. The monoisotopic (exact) mass is 386 g/mol. The van der Waals surface area contributed by atoms with Crippen LogP contribution in [0.25, 0.3) is 10.2 Å². The van der Waals surface area contributed by atoms with Crippen LogP contribution in [-0.4, -0.2) is 37.3 Å². The summed E-state index contributed by atoms with van der Waals surface area (Å²) in [6, 6.07) is 11.3. The van der Waals surface area contributed by atoms with Gasteiger partial charge in [0.2, 0.25) is 0 Å². The van der Waals surface area contributed by atoms with E-state index in [0.717, 1.165) is 23.1 Å². The Hall–Kier alpha value is -2.51. The second kappa shape index (κ2) is 7.62. The molecule has 0 spiro atoms. The van der Waals surface area contributed by atoms with E-state index in [1.54, 1.807) is 12.0 Å². The van der Waals surface area contributed by atoms with E-state index in [2.05, 4.69) is 4.98 Å². The van der Waals surface area contributed by atoms with Gasteiger partial charge in [-0.1, -0.05) is 17.4 Å². The highest BCUT2D eigenvalue weighted by Crippen LogP contribution is 2.35. The van der Waals surface area contributed by atoms with Gasteiger partial charge in [0.05, 0.1) is 24.5 Å². The predicted molar refractivity (Wildman–Crippen MR) is 103 cm³/mol. The molecule has 140 valence electrons. The van der Waals surface area contributed by atoms with Crippen LogP contribution < -0.4 is 9.64 Å². The normalized spacial score (nSPS) is 16.6. The van der Waals surface area contributed by atoms with Crippen molar-refractivity contribution < 1.29 is 18.7 Å². The SMILES string of the molecule is COc1cccc2sc(N(CC3CCCO3)C(=O)c3ccc(F)cc3)nc12. The molecule has 0 bridgehead atoms. The van der Waals surface area contributed by atoms with Gasteiger partial charge in [0.15, 0.2) is 5.13 Å². The number of carbonyl (C=O) groups is 1. The van der Waals surface area contributed by atoms with Gasteiger partial charge in [0.1, 0.15) is 17.1 Å². The van der Waals surface area contributed by atoms with Crippen molar-refractivity contribution in [2.45, 2.75) is 18.9 Å². The molecule has 1 aromatic heterocycles. The minimum absolute atomic E-state index is 0.0247. The average Bonchev–Trinajstić information content (AvgIpc) is 3.35. The number of amides is 1. The lowest BCUT2D eigenvalue weighted by atomic mass is 10.1. The quantitative estimate of drug-likeness (QED) is 0.657. The molecule has 0 N–H and O–H groups in total. The zero-order chi connectivity index (χ0) is 18.8. The maximum Gasteiger partial charge on any atom is 0.260 e. The first kappa shape index (κ1) is 17.9. The molecule has 1 aliphatic rings. The van der Waals surface area contributed by atoms with Crippen LogP contribution in [-0.2, 0) is 4.74 Å². The van der Waals surface area contributed by atoms with Crippen molar-refractivity contribution in [3.8, 4) is 5.75 Å². The summed E-state index contributed by atoms with van der Waals surface area (Å²) in [4.78, 5) is 19.5. The molecule has 3 aromatic rings. The van der Waals surface area contributed by atoms with E-state index in [0.29, 0.717) is 29.6 Å². The smallest absolute Gasteiger partial charge is 0.260 e. The van der Waals surface area contributed by atoms with Gasteiger partial charge in [-0.05, 0) is 49.2 Å². The van der Waals surface area contributed by atoms with Crippen LogP contribution in [0.2, 0.25) is 0 Å². The van der Waals surface area contributed by atoms with E-state index < -0.39 is 0 Å². The highest BCUT2D eigenvalue weighted by atomic mass is 32.1. The second-order valence-electron chi connectivity index (χ2n) is 6.36. The number of hydrogen-bond donors (Lipinski definition) is 0. The number of hydrogen-bond acceptors (Lipinski definition) is 5. The lowest BCUT2D eigenvalue weighted by molar-refractivity contribution is 0.0917. The number of aromatic nitrogens is 1. The number of benzene rings is 2. The molecular formula is C20H19FN2O3S. The van der Waals surface area contributed by atoms with Crippen LogP contribution >= 0.6 is 11.3 Å². The number of fused-ring (bicyclic) bond motifs is 1. The Morgan fingerprint density at radius 2 is 2.15 bits per heavy atom. The Labute approximate surface area is 160 Å². The van der Waals surface area contributed by atoms with E-state index in [9.17, 15) is 9.18 Å². The molecule has 0 radical (unpaired) electrons. The topological polar surface area (TPSA) is 51.7 Å². The number of para-hydroxylation sites is 1. The number of nitrogens with zero attached hydrogens (tertiary/aromatic N) is 2. The maximum absolute atomic E-state index is 13.3. The van der Waals surface area contributed by atoms with Crippen molar-refractivity contribution in [2.75, 3.05) is 25.2 Å². The predicted octanol–water partition coefficient (Wildman–Crippen LogP) is 4.27. The van der Waals surface area contributed by atoms with Crippen molar-refractivity contribution in [3.63, 3.8) is 0 Å². The van der Waals surface area contributed by atoms with E-state index in [-0.39, 0.29) is 17.8 Å². The van der Waals surface area contributed by atoms with Crippen molar-refractivity contribution in [1.82, 2.24) is 4.98 Å². The Kier molecular flexibility index (Phi) is 5.05. The van der Waals surface area contributed by atoms with Crippen LogP contribution in [0.3, 0.4) is 0 Å². The molecule has 27 heavy (non-hydrogen) atoms. The Morgan fingerprint density at radius 3 is 2.85 bits per heavy atom. The number of halogens is 1. The number of rotatable bonds is 5. The number of carbonyl (C=O) groups excluding carboxylic acids is 1. The van der Waals surface area contributed by atoms with E-state index in [1.165, 1.54) is 35.6 Å². The zero-order valence-corrected chi connectivity index (χ0v) is 15.7. The summed E-state index contributed by atoms with van der Waals surface area (Å²) < 4.78 is 25.3. The van der Waals surface area contributed by atoms with Gasteiger partial charge in [-0.25, -0.2) is 9.37 Å². The van der Waals surface area contributed by atoms with Gasteiger partial charge in [-0.2, -0.15) is 0 Å². The van der Waals surface area contributed by atoms with Gasteiger partial charge >= 0.3 is 0 Å².